The van der Waals surface area contributed by atoms with Gasteiger partial charge in [-0.3, -0.25) is 13.7 Å². The molecule has 0 aliphatic rings. The van der Waals surface area contributed by atoms with E-state index in [-0.39, 0.29) is 20.6 Å². The van der Waals surface area contributed by atoms with Crippen LogP contribution in [-0.4, -0.2) is 68.2 Å². The fourth-order valence-corrected chi connectivity index (χ4v) is 6.35. The SMILES string of the molecule is CN(C)CCNc1cccnc1-n1ccc2cc(N(CC(=O)OC(C)(C)C)S(=O)(=O)c3cc(Cl)cc(Cl)c3)ccc21. The van der Waals surface area contributed by atoms with Gasteiger partial charge >= 0.3 is 5.97 Å². The highest BCUT2D eigenvalue weighted by Gasteiger charge is 2.30. The minimum Gasteiger partial charge on any atom is -0.459 e. The van der Waals surface area contributed by atoms with E-state index >= 15 is 0 Å². The predicted octanol–water partition coefficient (Wildman–Crippen LogP) is 5.84. The molecule has 0 saturated carbocycles. The Morgan fingerprint density at radius 3 is 2.41 bits per heavy atom. The first-order valence-corrected chi connectivity index (χ1v) is 15.1. The zero-order valence-corrected chi connectivity index (χ0v) is 25.9. The average molecular weight is 619 g/mol. The molecular weight excluding hydrogens is 585 g/mol. The Hall–Kier alpha value is -3.31. The smallest absolute Gasteiger partial charge is 0.327 e. The zero-order valence-electron chi connectivity index (χ0n) is 23.6. The number of anilines is 2. The molecule has 0 spiro atoms. The van der Waals surface area contributed by atoms with Gasteiger partial charge in [0, 0.05) is 40.9 Å². The largest absolute Gasteiger partial charge is 0.459 e. The summed E-state index contributed by atoms with van der Waals surface area (Å²) in [5.41, 5.74) is 1.16. The molecule has 0 aliphatic carbocycles. The van der Waals surface area contributed by atoms with Crippen LogP contribution in [0, 0.1) is 0 Å². The molecule has 4 aromatic rings. The molecule has 0 amide bonds. The third kappa shape index (κ3) is 7.51. The summed E-state index contributed by atoms with van der Waals surface area (Å²) in [5, 5.41) is 4.50. The van der Waals surface area contributed by atoms with Gasteiger partial charge in [-0.15, -0.1) is 0 Å². The van der Waals surface area contributed by atoms with Crippen LogP contribution in [0.3, 0.4) is 0 Å². The van der Waals surface area contributed by atoms with Crippen molar-refractivity contribution in [3.63, 3.8) is 0 Å². The van der Waals surface area contributed by atoms with Crippen molar-refractivity contribution in [2.24, 2.45) is 0 Å². The van der Waals surface area contributed by atoms with Crippen LogP contribution < -0.4 is 9.62 Å². The van der Waals surface area contributed by atoms with Crippen molar-refractivity contribution in [2.45, 2.75) is 31.3 Å². The molecule has 4 rings (SSSR count). The minimum atomic E-state index is -4.26. The third-order valence-corrected chi connectivity index (χ3v) is 8.16. The zero-order chi connectivity index (χ0) is 29.9. The molecule has 2 heterocycles. The van der Waals surface area contributed by atoms with Crippen LogP contribution in [0.1, 0.15) is 20.8 Å². The number of benzene rings is 2. The lowest BCUT2D eigenvalue weighted by Gasteiger charge is -2.26. The van der Waals surface area contributed by atoms with Crippen molar-refractivity contribution in [2.75, 3.05) is 43.4 Å². The highest BCUT2D eigenvalue weighted by atomic mass is 35.5. The molecule has 2 aromatic carbocycles. The van der Waals surface area contributed by atoms with Gasteiger partial charge in [0.2, 0.25) is 0 Å². The number of carbonyl (C=O) groups is 1. The normalized spacial score (nSPS) is 12.1. The first-order valence-electron chi connectivity index (χ1n) is 12.9. The number of esters is 1. The lowest BCUT2D eigenvalue weighted by atomic mass is 10.2. The van der Waals surface area contributed by atoms with Crippen LogP contribution in [0.2, 0.25) is 10.0 Å². The Kier molecular flexibility index (Phi) is 9.18. The van der Waals surface area contributed by atoms with Crippen LogP contribution in [-0.2, 0) is 19.6 Å². The van der Waals surface area contributed by atoms with Crippen molar-refractivity contribution in [1.29, 1.82) is 0 Å². The lowest BCUT2D eigenvalue weighted by Crippen LogP contribution is -2.39. The predicted molar refractivity (Wildman–Crippen MR) is 165 cm³/mol. The Bertz CT molecular complexity index is 1650. The summed E-state index contributed by atoms with van der Waals surface area (Å²) < 4.78 is 36.1. The molecule has 41 heavy (non-hydrogen) atoms. The number of pyridine rings is 1. The number of fused-ring (bicyclic) bond motifs is 1. The van der Waals surface area contributed by atoms with Gasteiger partial charge in [0.15, 0.2) is 5.82 Å². The second-order valence-electron chi connectivity index (χ2n) is 10.7. The number of carbonyl (C=O) groups excluding carboxylic acids is 1. The van der Waals surface area contributed by atoms with Gasteiger partial charge in [0.25, 0.3) is 10.0 Å². The fourth-order valence-electron chi connectivity index (χ4n) is 4.22. The number of aromatic nitrogens is 2. The molecule has 2 aromatic heterocycles. The first-order chi connectivity index (χ1) is 19.2. The number of nitrogens with one attached hydrogen (secondary N) is 1. The van der Waals surface area contributed by atoms with E-state index in [0.29, 0.717) is 5.82 Å². The van der Waals surface area contributed by atoms with Crippen LogP contribution >= 0.6 is 23.2 Å². The van der Waals surface area contributed by atoms with Gasteiger partial charge < -0.3 is 15.0 Å². The number of hydrogen-bond donors (Lipinski definition) is 1. The lowest BCUT2D eigenvalue weighted by molar-refractivity contribution is -0.152. The molecule has 12 heteroatoms. The van der Waals surface area contributed by atoms with Crippen LogP contribution in [0.15, 0.2) is 71.9 Å². The first kappa shape index (κ1) is 30.6. The summed E-state index contributed by atoms with van der Waals surface area (Å²) in [7, 11) is -0.237. The standard InChI is InChI=1S/C29H33Cl2N5O4S/c1-29(2,3)40-27(37)19-36(41(38,39)24-17-21(30)16-22(31)18-24)23-8-9-26-20(15-23)10-13-35(26)28-25(7-6-11-33-28)32-12-14-34(4)5/h6-11,13,15-18,32H,12,14,19H2,1-5H3. The van der Waals surface area contributed by atoms with Crippen molar-refractivity contribution >= 4 is 61.5 Å². The Morgan fingerprint density at radius 1 is 1.05 bits per heavy atom. The average Bonchev–Trinajstić information content (AvgIpc) is 3.29. The second-order valence-corrected chi connectivity index (χ2v) is 13.5. The van der Waals surface area contributed by atoms with E-state index in [4.69, 9.17) is 27.9 Å². The van der Waals surface area contributed by atoms with E-state index in [9.17, 15) is 13.2 Å². The summed E-state index contributed by atoms with van der Waals surface area (Å²) in [4.78, 5) is 19.4. The van der Waals surface area contributed by atoms with Crippen LogP contribution in [0.4, 0.5) is 11.4 Å². The summed E-state index contributed by atoms with van der Waals surface area (Å²) in [6.07, 6.45) is 3.59. The molecule has 1 N–H and O–H groups in total. The molecule has 0 aliphatic heterocycles. The Balaban J connectivity index is 1.76. The number of ether oxygens (including phenoxy) is 1. The number of halogens is 2. The molecular formula is C29H33Cl2N5O4S. The topological polar surface area (TPSA) is 96.8 Å². The highest BCUT2D eigenvalue weighted by Crippen LogP contribution is 2.32. The van der Waals surface area contributed by atoms with Gasteiger partial charge in [0.1, 0.15) is 12.1 Å². The molecule has 0 unspecified atom stereocenters. The molecule has 0 fully saturated rings. The van der Waals surface area contributed by atoms with Crippen molar-refractivity contribution < 1.29 is 17.9 Å². The monoisotopic (exact) mass is 617 g/mol. The van der Waals surface area contributed by atoms with E-state index in [1.54, 1.807) is 45.2 Å². The summed E-state index contributed by atoms with van der Waals surface area (Å²) in [5.74, 6) is 0.00889. The number of likely N-dealkylation sites (N-methyl/N-ethyl adjacent to an activating group) is 1. The number of rotatable bonds is 10. The fraction of sp³-hybridized carbons (Fsp3) is 0.310. The second kappa shape index (κ2) is 12.3. The summed E-state index contributed by atoms with van der Waals surface area (Å²) in [6, 6.07) is 14.9. The summed E-state index contributed by atoms with van der Waals surface area (Å²) >= 11 is 12.2. The maximum Gasteiger partial charge on any atom is 0.327 e. The van der Waals surface area contributed by atoms with Crippen LogP contribution in [0.25, 0.3) is 16.7 Å². The number of sulfonamides is 1. The van der Waals surface area contributed by atoms with Gasteiger partial charge in [-0.1, -0.05) is 23.2 Å². The number of nitrogens with zero attached hydrogens (tertiary/aromatic N) is 4. The van der Waals surface area contributed by atoms with E-state index in [0.717, 1.165) is 34.0 Å². The highest BCUT2D eigenvalue weighted by molar-refractivity contribution is 7.92. The van der Waals surface area contributed by atoms with Crippen molar-refractivity contribution in [1.82, 2.24) is 14.5 Å². The van der Waals surface area contributed by atoms with Gasteiger partial charge in [0.05, 0.1) is 21.8 Å². The van der Waals surface area contributed by atoms with E-state index in [2.05, 4.69) is 15.2 Å². The molecule has 0 atom stereocenters. The number of hydrogen-bond acceptors (Lipinski definition) is 7. The van der Waals surface area contributed by atoms with Crippen LogP contribution in [0.5, 0.6) is 0 Å². The van der Waals surface area contributed by atoms with Gasteiger partial charge in [-0.2, -0.15) is 0 Å². The van der Waals surface area contributed by atoms with Crippen molar-refractivity contribution in [3.05, 3.63) is 77.0 Å². The third-order valence-electron chi connectivity index (χ3n) is 5.97. The maximum atomic E-state index is 13.9. The van der Waals surface area contributed by atoms with Gasteiger partial charge in [-0.25, -0.2) is 13.4 Å². The van der Waals surface area contributed by atoms with E-state index < -0.39 is 28.1 Å². The summed E-state index contributed by atoms with van der Waals surface area (Å²) in [6.45, 7) is 6.20. The molecule has 0 radical (unpaired) electrons. The maximum absolute atomic E-state index is 13.9. The Morgan fingerprint density at radius 2 is 1.76 bits per heavy atom. The quantitative estimate of drug-likeness (QED) is 0.223. The van der Waals surface area contributed by atoms with E-state index in [1.165, 1.54) is 18.2 Å². The molecule has 0 saturated heterocycles. The van der Waals surface area contributed by atoms with Crippen molar-refractivity contribution in [3.8, 4) is 5.82 Å². The molecule has 0 bridgehead atoms. The van der Waals surface area contributed by atoms with E-state index in [1.807, 2.05) is 43.1 Å². The van der Waals surface area contributed by atoms with Gasteiger partial charge in [-0.05, 0) is 89.5 Å². The Labute approximate surface area is 250 Å². The minimum absolute atomic E-state index is 0.141. The molecule has 9 nitrogen and oxygen atoms in total. The molecule has 218 valence electrons.